The summed E-state index contributed by atoms with van der Waals surface area (Å²) in [7, 11) is -3.78. The number of sulfonamides is 1. The molecule has 0 unspecified atom stereocenters. The predicted octanol–water partition coefficient (Wildman–Crippen LogP) is 4.04. The maximum atomic E-state index is 12.3. The number of anilines is 1. The van der Waals surface area contributed by atoms with Crippen LogP contribution in [-0.4, -0.2) is 36.8 Å². The molecular weight excluding hydrogens is 463 g/mol. The lowest BCUT2D eigenvalue weighted by molar-refractivity contribution is -0.123. The first kappa shape index (κ1) is 23.4. The maximum absolute atomic E-state index is 12.3. The average molecular weight is 483 g/mol. The molecule has 0 saturated carbocycles. The molecule has 2 aromatic rings. The first-order valence-electron chi connectivity index (χ1n) is 8.15. The van der Waals surface area contributed by atoms with Gasteiger partial charge in [-0.15, -0.1) is 10.2 Å². The third kappa shape index (κ3) is 6.85. The zero-order valence-corrected chi connectivity index (χ0v) is 19.4. The number of aromatic nitrogens is 2. The van der Waals surface area contributed by atoms with Gasteiger partial charge in [-0.05, 0) is 17.7 Å². The van der Waals surface area contributed by atoms with Gasteiger partial charge in [-0.25, -0.2) is 13.1 Å². The summed E-state index contributed by atoms with van der Waals surface area (Å²) in [6, 6.07) is 5.39. The van der Waals surface area contributed by atoms with Crippen molar-refractivity contribution in [2.45, 2.75) is 30.9 Å². The SMILES string of the molecule is CC(C)(C)C(=O)Nc1nnc(S(=O)(=O)NCCSCc2ccc(Cl)c(Cl)c2)s1. The molecular formula is C16H20Cl2N4O3S3. The van der Waals surface area contributed by atoms with Gasteiger partial charge in [0.1, 0.15) is 0 Å². The molecule has 0 radical (unpaired) electrons. The van der Waals surface area contributed by atoms with Gasteiger partial charge in [0.05, 0.1) is 10.0 Å². The Morgan fingerprint density at radius 2 is 1.93 bits per heavy atom. The summed E-state index contributed by atoms with van der Waals surface area (Å²) >= 11 is 14.2. The summed E-state index contributed by atoms with van der Waals surface area (Å²) in [5.41, 5.74) is 0.389. The Kier molecular flexibility index (Phi) is 8.12. The largest absolute Gasteiger partial charge is 0.300 e. The Hall–Kier alpha value is -0.910. The Balaban J connectivity index is 1.82. The summed E-state index contributed by atoms with van der Waals surface area (Å²) in [4.78, 5) is 11.9. The van der Waals surface area contributed by atoms with Gasteiger partial charge in [0, 0.05) is 23.5 Å². The van der Waals surface area contributed by atoms with Crippen molar-refractivity contribution in [1.82, 2.24) is 14.9 Å². The van der Waals surface area contributed by atoms with E-state index in [-0.39, 0.29) is 21.9 Å². The third-order valence-electron chi connectivity index (χ3n) is 3.33. The van der Waals surface area contributed by atoms with Crippen molar-refractivity contribution < 1.29 is 13.2 Å². The summed E-state index contributed by atoms with van der Waals surface area (Å²) in [5.74, 6) is 0.978. The molecule has 2 rings (SSSR count). The van der Waals surface area contributed by atoms with Crippen LogP contribution in [0.5, 0.6) is 0 Å². The molecule has 1 amide bonds. The lowest BCUT2D eigenvalue weighted by Crippen LogP contribution is -2.27. The smallest absolute Gasteiger partial charge is 0.269 e. The van der Waals surface area contributed by atoms with Crippen LogP contribution < -0.4 is 10.0 Å². The van der Waals surface area contributed by atoms with E-state index in [9.17, 15) is 13.2 Å². The molecule has 0 fully saturated rings. The van der Waals surface area contributed by atoms with Gasteiger partial charge < -0.3 is 5.32 Å². The Bertz CT molecular complexity index is 943. The first-order valence-corrected chi connectivity index (χ1v) is 12.4. The average Bonchev–Trinajstić information content (AvgIpc) is 3.06. The number of halogens is 2. The minimum atomic E-state index is -3.78. The summed E-state index contributed by atoms with van der Waals surface area (Å²) in [6.07, 6.45) is 0. The minimum absolute atomic E-state index is 0.147. The van der Waals surface area contributed by atoms with Gasteiger partial charge in [0.15, 0.2) is 0 Å². The van der Waals surface area contributed by atoms with Crippen LogP contribution in [0.25, 0.3) is 0 Å². The van der Waals surface area contributed by atoms with Crippen molar-refractivity contribution in [3.63, 3.8) is 0 Å². The molecule has 0 aliphatic heterocycles. The highest BCUT2D eigenvalue weighted by atomic mass is 35.5. The van der Waals surface area contributed by atoms with E-state index in [1.54, 1.807) is 44.7 Å². The molecule has 154 valence electrons. The Morgan fingerprint density at radius 1 is 1.21 bits per heavy atom. The van der Waals surface area contributed by atoms with Gasteiger partial charge in [0.2, 0.25) is 15.4 Å². The van der Waals surface area contributed by atoms with Gasteiger partial charge >= 0.3 is 0 Å². The second-order valence-electron chi connectivity index (χ2n) is 6.78. The zero-order valence-electron chi connectivity index (χ0n) is 15.5. The monoisotopic (exact) mass is 482 g/mol. The van der Waals surface area contributed by atoms with Crippen LogP contribution >= 0.6 is 46.3 Å². The van der Waals surface area contributed by atoms with Gasteiger partial charge in [-0.3, -0.25) is 4.79 Å². The van der Waals surface area contributed by atoms with Crippen LogP contribution in [0.2, 0.25) is 10.0 Å². The number of nitrogens with one attached hydrogen (secondary N) is 2. The molecule has 7 nitrogen and oxygen atoms in total. The predicted molar refractivity (Wildman–Crippen MR) is 116 cm³/mol. The number of thioether (sulfide) groups is 1. The van der Waals surface area contributed by atoms with Crippen LogP contribution in [0.3, 0.4) is 0 Å². The van der Waals surface area contributed by atoms with Crippen LogP contribution in [0.15, 0.2) is 22.5 Å². The number of hydrogen-bond donors (Lipinski definition) is 2. The molecule has 1 aromatic carbocycles. The molecule has 0 spiro atoms. The van der Waals surface area contributed by atoms with E-state index in [2.05, 4.69) is 20.2 Å². The molecule has 28 heavy (non-hydrogen) atoms. The topological polar surface area (TPSA) is 101 Å². The molecule has 0 saturated heterocycles. The maximum Gasteiger partial charge on any atom is 0.269 e. The highest BCUT2D eigenvalue weighted by Crippen LogP contribution is 2.25. The zero-order chi connectivity index (χ0) is 20.9. The summed E-state index contributed by atoms with van der Waals surface area (Å²) in [6.45, 7) is 5.48. The number of hydrogen-bond acceptors (Lipinski definition) is 7. The molecule has 1 aromatic heterocycles. The second-order valence-corrected chi connectivity index (χ2v) is 11.6. The lowest BCUT2D eigenvalue weighted by atomic mass is 9.96. The van der Waals surface area contributed by atoms with Crippen molar-refractivity contribution in [1.29, 1.82) is 0 Å². The molecule has 1 heterocycles. The second kappa shape index (κ2) is 9.73. The van der Waals surface area contributed by atoms with E-state index in [1.807, 2.05) is 6.07 Å². The van der Waals surface area contributed by atoms with Gasteiger partial charge in [-0.2, -0.15) is 11.8 Å². The van der Waals surface area contributed by atoms with E-state index in [0.29, 0.717) is 21.6 Å². The number of carbonyl (C=O) groups is 1. The van der Waals surface area contributed by atoms with Crippen LogP contribution in [0, 0.1) is 5.41 Å². The highest BCUT2D eigenvalue weighted by Gasteiger charge is 2.25. The fourth-order valence-corrected chi connectivity index (χ4v) is 5.01. The Labute approximate surface area is 182 Å². The van der Waals surface area contributed by atoms with Crippen molar-refractivity contribution in [2.75, 3.05) is 17.6 Å². The van der Waals surface area contributed by atoms with E-state index in [0.717, 1.165) is 16.9 Å². The first-order chi connectivity index (χ1) is 13.0. The molecule has 0 aliphatic carbocycles. The number of carbonyl (C=O) groups excluding carboxylic acids is 1. The van der Waals surface area contributed by atoms with Crippen molar-refractivity contribution in [2.24, 2.45) is 5.41 Å². The summed E-state index contributed by atoms with van der Waals surface area (Å²) in [5, 5.41) is 11.1. The molecule has 2 N–H and O–H groups in total. The fraction of sp³-hybridized carbons (Fsp3) is 0.438. The molecule has 0 atom stereocenters. The van der Waals surface area contributed by atoms with Crippen molar-refractivity contribution in [3.8, 4) is 0 Å². The van der Waals surface area contributed by atoms with E-state index < -0.39 is 15.4 Å². The minimum Gasteiger partial charge on any atom is -0.300 e. The number of rotatable bonds is 8. The van der Waals surface area contributed by atoms with Crippen LogP contribution in [0.4, 0.5) is 5.13 Å². The molecule has 0 bridgehead atoms. The van der Waals surface area contributed by atoms with Crippen molar-refractivity contribution >= 4 is 67.4 Å². The van der Waals surface area contributed by atoms with Gasteiger partial charge in [0.25, 0.3) is 10.0 Å². The van der Waals surface area contributed by atoms with E-state index >= 15 is 0 Å². The summed E-state index contributed by atoms with van der Waals surface area (Å²) < 4.78 is 26.9. The Morgan fingerprint density at radius 3 is 2.57 bits per heavy atom. The highest BCUT2D eigenvalue weighted by molar-refractivity contribution is 7.98. The number of nitrogens with zero attached hydrogens (tertiary/aromatic N) is 2. The van der Waals surface area contributed by atoms with Crippen LogP contribution in [0.1, 0.15) is 26.3 Å². The quantitative estimate of drug-likeness (QED) is 0.434. The van der Waals surface area contributed by atoms with Gasteiger partial charge in [-0.1, -0.05) is 61.4 Å². The van der Waals surface area contributed by atoms with Crippen LogP contribution in [-0.2, 0) is 20.6 Å². The fourth-order valence-electron chi connectivity index (χ4n) is 1.78. The number of amides is 1. The third-order valence-corrected chi connectivity index (χ3v) is 7.77. The standard InChI is InChI=1S/C16H20Cl2N4O3S3/c1-16(2,3)13(23)20-14-21-22-15(27-14)28(24,25)19-6-7-26-9-10-4-5-11(17)12(18)8-10/h4-5,8,19H,6-7,9H2,1-3H3,(H,20,21,23). The number of benzene rings is 1. The van der Waals surface area contributed by atoms with Crippen molar-refractivity contribution in [3.05, 3.63) is 33.8 Å². The lowest BCUT2D eigenvalue weighted by Gasteiger charge is -2.15. The van der Waals surface area contributed by atoms with E-state index in [4.69, 9.17) is 23.2 Å². The van der Waals surface area contributed by atoms with E-state index in [1.165, 1.54) is 0 Å². The molecule has 0 aliphatic rings. The molecule has 12 heteroatoms. The normalized spacial score (nSPS) is 12.2.